The summed E-state index contributed by atoms with van der Waals surface area (Å²) in [5, 5.41) is 10.9. The van der Waals surface area contributed by atoms with Crippen molar-refractivity contribution < 1.29 is 4.79 Å². The van der Waals surface area contributed by atoms with Crippen LogP contribution in [0.5, 0.6) is 0 Å². The molecule has 1 aliphatic heterocycles. The van der Waals surface area contributed by atoms with Crippen molar-refractivity contribution in [1.82, 2.24) is 25.2 Å². The van der Waals surface area contributed by atoms with E-state index >= 15 is 0 Å². The van der Waals surface area contributed by atoms with Gasteiger partial charge >= 0.3 is 0 Å². The van der Waals surface area contributed by atoms with Crippen LogP contribution in [0.4, 0.5) is 5.95 Å². The first-order valence-electron chi connectivity index (χ1n) is 6.40. The summed E-state index contributed by atoms with van der Waals surface area (Å²) >= 11 is 5.94. The van der Waals surface area contributed by atoms with E-state index in [1.165, 1.54) is 0 Å². The van der Waals surface area contributed by atoms with E-state index in [9.17, 15) is 4.79 Å². The zero-order chi connectivity index (χ0) is 14.1. The van der Waals surface area contributed by atoms with E-state index in [1.807, 2.05) is 4.90 Å². The Kier molecular flexibility index (Phi) is 3.45. The Bertz CT molecular complexity index is 642. The van der Waals surface area contributed by atoms with E-state index in [1.54, 1.807) is 29.9 Å². The number of piperazine rings is 1. The molecule has 1 unspecified atom stereocenters. The molecule has 2 aromatic heterocycles. The molecule has 1 fully saturated rings. The van der Waals surface area contributed by atoms with Gasteiger partial charge in [0.05, 0.1) is 5.02 Å². The van der Waals surface area contributed by atoms with Crippen molar-refractivity contribution in [3.63, 3.8) is 0 Å². The second kappa shape index (κ2) is 5.26. The maximum atomic E-state index is 11.9. The molecule has 7 nitrogen and oxygen atoms in total. The molecule has 2 aromatic rings. The van der Waals surface area contributed by atoms with E-state index in [4.69, 9.17) is 11.6 Å². The molecule has 3 heterocycles. The molecule has 8 heteroatoms. The monoisotopic (exact) mass is 294 g/mol. The average Bonchev–Trinajstić information content (AvgIpc) is 2.89. The number of rotatable bonds is 2. The number of aromatic nitrogens is 3. The first-order valence-corrected chi connectivity index (χ1v) is 6.78. The summed E-state index contributed by atoms with van der Waals surface area (Å²) in [6.07, 6.45) is 1.70. The second-order valence-electron chi connectivity index (χ2n) is 4.59. The lowest BCUT2D eigenvalue weighted by Crippen LogP contribution is -2.58. The highest BCUT2D eigenvalue weighted by Crippen LogP contribution is 2.17. The number of fused-ring (bicyclic) bond motifs is 1. The zero-order valence-corrected chi connectivity index (χ0v) is 11.8. The summed E-state index contributed by atoms with van der Waals surface area (Å²) in [4.78, 5) is 18.3. The van der Waals surface area contributed by atoms with Crippen molar-refractivity contribution in [2.24, 2.45) is 0 Å². The highest BCUT2D eigenvalue weighted by Gasteiger charge is 2.30. The molecule has 0 saturated carbocycles. The quantitative estimate of drug-likeness (QED) is 0.809. The molecule has 20 heavy (non-hydrogen) atoms. The van der Waals surface area contributed by atoms with Gasteiger partial charge in [0, 0.05) is 32.9 Å². The van der Waals surface area contributed by atoms with Crippen LogP contribution in [0, 0.1) is 0 Å². The molecule has 106 valence electrons. The van der Waals surface area contributed by atoms with E-state index in [0.717, 1.165) is 6.54 Å². The molecular weight excluding hydrogens is 280 g/mol. The molecule has 0 bridgehead atoms. The van der Waals surface area contributed by atoms with Crippen molar-refractivity contribution >= 4 is 29.1 Å². The summed E-state index contributed by atoms with van der Waals surface area (Å²) < 4.78 is 1.63. The maximum absolute atomic E-state index is 11.9. The Labute approximate surface area is 120 Å². The molecule has 3 rings (SSSR count). The minimum Gasteiger partial charge on any atom is -0.357 e. The number of hydrogen-bond acceptors (Lipinski definition) is 5. The summed E-state index contributed by atoms with van der Waals surface area (Å²) in [7, 11) is 1.63. The van der Waals surface area contributed by atoms with Crippen LogP contribution in [-0.2, 0) is 4.79 Å². The standard InChI is InChI=1S/C12H15ClN6O/c1-14-11(20)9-6-15-4-5-18(9)12-16-10-3-2-8(13)7-19(10)17-12/h2-3,7,9,15H,4-6H2,1H3,(H,14,20). The molecule has 1 saturated heterocycles. The van der Waals surface area contributed by atoms with E-state index in [-0.39, 0.29) is 11.9 Å². The lowest BCUT2D eigenvalue weighted by molar-refractivity contribution is -0.122. The number of hydrogen-bond donors (Lipinski definition) is 2. The normalized spacial score (nSPS) is 19.3. The number of nitrogens with zero attached hydrogens (tertiary/aromatic N) is 4. The summed E-state index contributed by atoms with van der Waals surface area (Å²) in [5.74, 6) is 0.497. The van der Waals surface area contributed by atoms with Crippen molar-refractivity contribution in [1.29, 1.82) is 0 Å². The fraction of sp³-hybridized carbons (Fsp3) is 0.417. The number of likely N-dealkylation sites (N-methyl/N-ethyl adjacent to an activating group) is 1. The zero-order valence-electron chi connectivity index (χ0n) is 11.0. The Hall–Kier alpha value is -1.86. The largest absolute Gasteiger partial charge is 0.357 e. The van der Waals surface area contributed by atoms with Crippen LogP contribution in [0.15, 0.2) is 18.3 Å². The van der Waals surface area contributed by atoms with E-state index < -0.39 is 0 Å². The number of carbonyl (C=O) groups excluding carboxylic acids is 1. The van der Waals surface area contributed by atoms with Crippen LogP contribution in [0.1, 0.15) is 0 Å². The number of anilines is 1. The summed E-state index contributed by atoms with van der Waals surface area (Å²) in [5.41, 5.74) is 0.707. The van der Waals surface area contributed by atoms with Gasteiger partial charge in [-0.2, -0.15) is 4.98 Å². The van der Waals surface area contributed by atoms with Gasteiger partial charge in [-0.3, -0.25) is 4.79 Å². The van der Waals surface area contributed by atoms with Crippen LogP contribution in [0.25, 0.3) is 5.65 Å². The predicted molar refractivity (Wildman–Crippen MR) is 76.1 cm³/mol. The topological polar surface area (TPSA) is 74.6 Å². The fourth-order valence-electron chi connectivity index (χ4n) is 2.31. The third-order valence-electron chi connectivity index (χ3n) is 3.33. The Morgan fingerprint density at radius 3 is 3.20 bits per heavy atom. The van der Waals surface area contributed by atoms with Gasteiger partial charge in [0.25, 0.3) is 0 Å². The fourth-order valence-corrected chi connectivity index (χ4v) is 2.47. The third kappa shape index (κ3) is 2.30. The second-order valence-corrected chi connectivity index (χ2v) is 5.03. The maximum Gasteiger partial charge on any atom is 0.246 e. The van der Waals surface area contributed by atoms with Crippen molar-refractivity contribution in [2.75, 3.05) is 31.6 Å². The van der Waals surface area contributed by atoms with Crippen LogP contribution >= 0.6 is 11.6 Å². The van der Waals surface area contributed by atoms with Crippen LogP contribution in [0.2, 0.25) is 5.02 Å². The molecule has 0 radical (unpaired) electrons. The molecule has 2 N–H and O–H groups in total. The highest BCUT2D eigenvalue weighted by molar-refractivity contribution is 6.30. The molecule has 1 atom stereocenters. The number of carbonyl (C=O) groups is 1. The number of halogens is 1. The number of nitrogens with one attached hydrogen (secondary N) is 2. The van der Waals surface area contributed by atoms with Crippen LogP contribution < -0.4 is 15.5 Å². The smallest absolute Gasteiger partial charge is 0.246 e. The van der Waals surface area contributed by atoms with Crippen molar-refractivity contribution in [3.05, 3.63) is 23.4 Å². The van der Waals surface area contributed by atoms with Crippen LogP contribution in [-0.4, -0.2) is 53.2 Å². The first-order chi connectivity index (χ1) is 9.69. The highest BCUT2D eigenvalue weighted by atomic mass is 35.5. The van der Waals surface area contributed by atoms with Gasteiger partial charge in [-0.1, -0.05) is 11.6 Å². The van der Waals surface area contributed by atoms with Gasteiger partial charge in [-0.25, -0.2) is 4.52 Å². The van der Waals surface area contributed by atoms with Crippen LogP contribution in [0.3, 0.4) is 0 Å². The van der Waals surface area contributed by atoms with E-state index in [2.05, 4.69) is 20.7 Å². The van der Waals surface area contributed by atoms with Gasteiger partial charge in [0.1, 0.15) is 6.04 Å². The lowest BCUT2D eigenvalue weighted by Gasteiger charge is -2.33. The van der Waals surface area contributed by atoms with Gasteiger partial charge in [-0.05, 0) is 12.1 Å². The van der Waals surface area contributed by atoms with Gasteiger partial charge < -0.3 is 15.5 Å². The van der Waals surface area contributed by atoms with Gasteiger partial charge in [0.15, 0.2) is 5.65 Å². The molecule has 0 aliphatic carbocycles. The van der Waals surface area contributed by atoms with E-state index in [0.29, 0.717) is 29.7 Å². The minimum atomic E-state index is -0.304. The van der Waals surface area contributed by atoms with Gasteiger partial charge in [0.2, 0.25) is 11.9 Å². The van der Waals surface area contributed by atoms with Crippen molar-refractivity contribution in [3.8, 4) is 0 Å². The Morgan fingerprint density at radius 1 is 1.55 bits per heavy atom. The lowest BCUT2D eigenvalue weighted by atomic mass is 10.2. The molecule has 0 spiro atoms. The molecule has 0 aromatic carbocycles. The first kappa shape index (κ1) is 13.1. The molecule has 1 aliphatic rings. The predicted octanol–water partition coefficient (Wildman–Crippen LogP) is -0.0931. The SMILES string of the molecule is CNC(=O)C1CNCCN1c1nc2ccc(Cl)cn2n1. The minimum absolute atomic E-state index is 0.0471. The summed E-state index contributed by atoms with van der Waals surface area (Å²) in [6.45, 7) is 2.06. The number of amides is 1. The number of pyridine rings is 1. The van der Waals surface area contributed by atoms with Crippen molar-refractivity contribution in [2.45, 2.75) is 6.04 Å². The average molecular weight is 295 g/mol. The molecule has 1 amide bonds. The Morgan fingerprint density at radius 2 is 2.40 bits per heavy atom. The Balaban J connectivity index is 1.97. The molecular formula is C12H15ClN6O. The third-order valence-corrected chi connectivity index (χ3v) is 3.56. The summed E-state index contributed by atoms with van der Waals surface area (Å²) in [6, 6.07) is 3.26. The van der Waals surface area contributed by atoms with Gasteiger partial charge in [-0.15, -0.1) is 5.10 Å².